The van der Waals surface area contributed by atoms with E-state index in [0.29, 0.717) is 12.8 Å². The van der Waals surface area contributed by atoms with Crippen LogP contribution in [0.1, 0.15) is 24.8 Å². The second-order valence-electron chi connectivity index (χ2n) is 5.24. The number of carboxylic acids is 1. The van der Waals surface area contributed by atoms with Crippen molar-refractivity contribution in [1.29, 1.82) is 0 Å². The predicted octanol–water partition coefficient (Wildman–Crippen LogP) is 0.385. The highest BCUT2D eigenvalue weighted by molar-refractivity contribution is 5.90. The summed E-state index contributed by atoms with van der Waals surface area (Å²) >= 11 is 0. The first-order chi connectivity index (χ1) is 9.40. The minimum atomic E-state index is -1.10. The van der Waals surface area contributed by atoms with Crippen LogP contribution in [0.15, 0.2) is 24.3 Å². The smallest absolute Gasteiger partial charge is 0.326 e. The van der Waals surface area contributed by atoms with E-state index < -0.39 is 23.5 Å². The maximum Gasteiger partial charge on any atom is 0.326 e. The Hall–Kier alpha value is -2.08. The Balaban J connectivity index is 2.02. The van der Waals surface area contributed by atoms with Gasteiger partial charge in [0.2, 0.25) is 5.91 Å². The molecular weight excluding hydrogens is 260 g/mol. The minimum absolute atomic E-state index is 0.111. The van der Waals surface area contributed by atoms with Crippen molar-refractivity contribution in [3.8, 4) is 5.75 Å². The average molecular weight is 278 g/mol. The van der Waals surface area contributed by atoms with E-state index in [2.05, 4.69) is 5.32 Å². The van der Waals surface area contributed by atoms with Crippen LogP contribution in [0.3, 0.4) is 0 Å². The molecule has 0 bridgehead atoms. The summed E-state index contributed by atoms with van der Waals surface area (Å²) in [5.74, 6) is -1.40. The number of rotatable bonds is 5. The summed E-state index contributed by atoms with van der Waals surface area (Å²) in [5.41, 5.74) is 5.67. The second-order valence-corrected chi connectivity index (χ2v) is 5.24. The van der Waals surface area contributed by atoms with Gasteiger partial charge in [0, 0.05) is 6.42 Å². The highest BCUT2D eigenvalue weighted by Gasteiger charge is 2.41. The van der Waals surface area contributed by atoms with Gasteiger partial charge in [-0.25, -0.2) is 4.79 Å². The number of carbonyl (C=O) groups is 2. The van der Waals surface area contributed by atoms with Crippen LogP contribution in [-0.2, 0) is 16.0 Å². The van der Waals surface area contributed by atoms with Crippen molar-refractivity contribution < 1.29 is 19.8 Å². The fourth-order valence-corrected chi connectivity index (χ4v) is 2.15. The minimum Gasteiger partial charge on any atom is -0.508 e. The van der Waals surface area contributed by atoms with Crippen LogP contribution in [0.4, 0.5) is 0 Å². The Morgan fingerprint density at radius 2 is 1.90 bits per heavy atom. The quantitative estimate of drug-likeness (QED) is 0.622. The summed E-state index contributed by atoms with van der Waals surface area (Å²) in [4.78, 5) is 23.2. The van der Waals surface area contributed by atoms with Crippen molar-refractivity contribution in [3.63, 3.8) is 0 Å². The number of hydrogen-bond acceptors (Lipinski definition) is 4. The molecule has 0 aliphatic heterocycles. The van der Waals surface area contributed by atoms with Gasteiger partial charge in [-0.05, 0) is 37.0 Å². The highest BCUT2D eigenvalue weighted by Crippen LogP contribution is 2.29. The van der Waals surface area contributed by atoms with E-state index in [1.54, 1.807) is 12.1 Å². The number of nitrogens with two attached hydrogens (primary N) is 1. The molecule has 1 aromatic carbocycles. The SMILES string of the molecule is NC1(C(=O)N[C@H](Cc2ccc(O)cc2)C(=O)O)CCC1. The van der Waals surface area contributed by atoms with Gasteiger partial charge >= 0.3 is 5.97 Å². The Bertz CT molecular complexity index is 508. The summed E-state index contributed by atoms with van der Waals surface area (Å²) in [7, 11) is 0. The second kappa shape index (κ2) is 5.50. The molecule has 1 aliphatic rings. The van der Waals surface area contributed by atoms with E-state index in [4.69, 9.17) is 5.73 Å². The topological polar surface area (TPSA) is 113 Å². The van der Waals surface area contributed by atoms with Gasteiger partial charge in [-0.3, -0.25) is 4.79 Å². The zero-order valence-corrected chi connectivity index (χ0v) is 11.0. The number of benzene rings is 1. The molecule has 0 spiro atoms. The lowest BCUT2D eigenvalue weighted by molar-refractivity contribution is -0.143. The standard InChI is InChI=1S/C14H18N2O4/c15-14(6-1-7-14)13(20)16-11(12(18)19)8-9-2-4-10(17)5-3-9/h2-5,11,17H,1,6-8,15H2,(H,16,20)(H,18,19)/t11-/m1/s1. The highest BCUT2D eigenvalue weighted by atomic mass is 16.4. The van der Waals surface area contributed by atoms with E-state index in [1.165, 1.54) is 12.1 Å². The van der Waals surface area contributed by atoms with Gasteiger partial charge in [-0.2, -0.15) is 0 Å². The van der Waals surface area contributed by atoms with Crippen LogP contribution >= 0.6 is 0 Å². The van der Waals surface area contributed by atoms with E-state index in [-0.39, 0.29) is 12.2 Å². The third kappa shape index (κ3) is 3.08. The Kier molecular flexibility index (Phi) is 3.94. The van der Waals surface area contributed by atoms with Crippen LogP contribution in [0, 0.1) is 0 Å². The Morgan fingerprint density at radius 1 is 1.30 bits per heavy atom. The maximum absolute atomic E-state index is 12.0. The molecular formula is C14H18N2O4. The van der Waals surface area contributed by atoms with Crippen molar-refractivity contribution in [1.82, 2.24) is 5.32 Å². The number of amides is 1. The van der Waals surface area contributed by atoms with Gasteiger partial charge in [0.1, 0.15) is 11.8 Å². The normalized spacial score (nSPS) is 17.9. The lowest BCUT2D eigenvalue weighted by Crippen LogP contribution is -2.61. The zero-order chi connectivity index (χ0) is 14.8. The third-order valence-electron chi connectivity index (χ3n) is 3.68. The van der Waals surface area contributed by atoms with Crippen molar-refractivity contribution in [2.24, 2.45) is 5.73 Å². The first-order valence-electron chi connectivity index (χ1n) is 6.51. The van der Waals surface area contributed by atoms with Gasteiger partial charge in [-0.1, -0.05) is 12.1 Å². The molecule has 1 saturated carbocycles. The van der Waals surface area contributed by atoms with Crippen LogP contribution in [0.25, 0.3) is 0 Å². The Labute approximate surface area is 116 Å². The van der Waals surface area contributed by atoms with Gasteiger partial charge in [0.15, 0.2) is 0 Å². The molecule has 1 aliphatic carbocycles. The van der Waals surface area contributed by atoms with Crippen LogP contribution in [0.2, 0.25) is 0 Å². The molecule has 0 radical (unpaired) electrons. The van der Waals surface area contributed by atoms with Crippen molar-refractivity contribution >= 4 is 11.9 Å². The fraction of sp³-hybridized carbons (Fsp3) is 0.429. The van der Waals surface area contributed by atoms with Crippen molar-refractivity contribution in [2.75, 3.05) is 0 Å². The summed E-state index contributed by atoms with van der Waals surface area (Å²) in [6.07, 6.45) is 2.21. The molecule has 1 atom stereocenters. The van der Waals surface area contributed by atoms with Crippen LogP contribution in [0.5, 0.6) is 5.75 Å². The first kappa shape index (κ1) is 14.3. The maximum atomic E-state index is 12.0. The van der Waals surface area contributed by atoms with Gasteiger partial charge in [-0.15, -0.1) is 0 Å². The molecule has 108 valence electrons. The monoisotopic (exact) mass is 278 g/mol. The largest absolute Gasteiger partial charge is 0.508 e. The summed E-state index contributed by atoms with van der Waals surface area (Å²) in [5, 5.41) is 20.9. The zero-order valence-electron chi connectivity index (χ0n) is 11.0. The molecule has 0 aromatic heterocycles. The lowest BCUT2D eigenvalue weighted by Gasteiger charge is -2.37. The Morgan fingerprint density at radius 3 is 2.35 bits per heavy atom. The molecule has 20 heavy (non-hydrogen) atoms. The average Bonchev–Trinajstić information content (AvgIpc) is 2.37. The van der Waals surface area contributed by atoms with Crippen LogP contribution < -0.4 is 11.1 Å². The molecule has 1 amide bonds. The van der Waals surface area contributed by atoms with Crippen LogP contribution in [-0.4, -0.2) is 33.7 Å². The third-order valence-corrected chi connectivity index (χ3v) is 3.68. The summed E-state index contributed by atoms with van der Waals surface area (Å²) in [6, 6.07) is 5.18. The fourth-order valence-electron chi connectivity index (χ4n) is 2.15. The number of aromatic hydroxyl groups is 1. The molecule has 0 heterocycles. The van der Waals surface area contributed by atoms with Gasteiger partial charge in [0.05, 0.1) is 5.54 Å². The van der Waals surface area contributed by atoms with E-state index in [0.717, 1.165) is 12.0 Å². The van der Waals surface area contributed by atoms with E-state index in [1.807, 2.05) is 0 Å². The van der Waals surface area contributed by atoms with Gasteiger partial charge < -0.3 is 21.3 Å². The number of phenols is 1. The number of aliphatic carboxylic acids is 1. The molecule has 1 aromatic rings. The summed E-state index contributed by atoms with van der Waals surface area (Å²) in [6.45, 7) is 0. The molecule has 2 rings (SSSR count). The molecule has 1 fully saturated rings. The number of carbonyl (C=O) groups excluding carboxylic acids is 1. The molecule has 0 unspecified atom stereocenters. The molecule has 6 nitrogen and oxygen atoms in total. The number of carboxylic acid groups (broad SMARTS) is 1. The molecule has 0 saturated heterocycles. The van der Waals surface area contributed by atoms with Gasteiger partial charge in [0.25, 0.3) is 0 Å². The lowest BCUT2D eigenvalue weighted by atomic mass is 9.77. The van der Waals surface area contributed by atoms with E-state index >= 15 is 0 Å². The number of nitrogens with one attached hydrogen (secondary N) is 1. The molecule has 6 heteroatoms. The first-order valence-corrected chi connectivity index (χ1v) is 6.51. The number of hydrogen-bond donors (Lipinski definition) is 4. The van der Waals surface area contributed by atoms with E-state index in [9.17, 15) is 19.8 Å². The molecule has 5 N–H and O–H groups in total. The summed E-state index contributed by atoms with van der Waals surface area (Å²) < 4.78 is 0. The predicted molar refractivity (Wildman–Crippen MR) is 72.1 cm³/mol. The number of phenolic OH excluding ortho intramolecular Hbond substituents is 1. The van der Waals surface area contributed by atoms with Crippen molar-refractivity contribution in [2.45, 2.75) is 37.3 Å². The van der Waals surface area contributed by atoms with Crippen molar-refractivity contribution in [3.05, 3.63) is 29.8 Å².